The Morgan fingerprint density at radius 3 is 2.68 bits per heavy atom. The van der Waals surface area contributed by atoms with Gasteiger partial charge in [0.25, 0.3) is 0 Å². The molecule has 3 N–H and O–H groups in total. The SMILES string of the molecule is CN(CCOc1cccc(N)c1)c1cccc(O)c1. The first-order valence-corrected chi connectivity index (χ1v) is 6.13. The summed E-state index contributed by atoms with van der Waals surface area (Å²) in [4.78, 5) is 2.02. The van der Waals surface area contributed by atoms with Gasteiger partial charge in [0.15, 0.2) is 0 Å². The lowest BCUT2D eigenvalue weighted by molar-refractivity contribution is 0.326. The van der Waals surface area contributed by atoms with E-state index in [1.54, 1.807) is 18.2 Å². The van der Waals surface area contributed by atoms with Gasteiger partial charge in [-0.25, -0.2) is 0 Å². The lowest BCUT2D eigenvalue weighted by atomic mass is 10.3. The van der Waals surface area contributed by atoms with Crippen LogP contribution in [0.5, 0.6) is 11.5 Å². The maximum absolute atomic E-state index is 9.42. The van der Waals surface area contributed by atoms with Crippen LogP contribution in [-0.2, 0) is 0 Å². The van der Waals surface area contributed by atoms with Crippen molar-refractivity contribution in [2.24, 2.45) is 0 Å². The van der Waals surface area contributed by atoms with E-state index in [0.717, 1.165) is 18.0 Å². The molecule has 0 atom stereocenters. The van der Waals surface area contributed by atoms with Crippen molar-refractivity contribution < 1.29 is 9.84 Å². The number of ether oxygens (including phenoxy) is 1. The zero-order valence-electron chi connectivity index (χ0n) is 10.9. The van der Waals surface area contributed by atoms with E-state index < -0.39 is 0 Å². The standard InChI is InChI=1S/C15H18N2O2/c1-17(13-5-3-6-14(18)11-13)8-9-19-15-7-2-4-12(16)10-15/h2-7,10-11,18H,8-9,16H2,1H3. The van der Waals surface area contributed by atoms with Gasteiger partial charge in [0, 0.05) is 30.6 Å². The van der Waals surface area contributed by atoms with Gasteiger partial charge in [-0.05, 0) is 24.3 Å². The molecule has 0 saturated heterocycles. The van der Waals surface area contributed by atoms with E-state index in [2.05, 4.69) is 0 Å². The number of benzene rings is 2. The number of aromatic hydroxyl groups is 1. The predicted octanol–water partition coefficient (Wildman–Crippen LogP) is 2.49. The lowest BCUT2D eigenvalue weighted by Crippen LogP contribution is -2.23. The van der Waals surface area contributed by atoms with E-state index in [4.69, 9.17) is 10.5 Å². The number of nitrogen functional groups attached to an aromatic ring is 1. The fourth-order valence-corrected chi connectivity index (χ4v) is 1.76. The van der Waals surface area contributed by atoms with Crippen LogP contribution in [0.4, 0.5) is 11.4 Å². The number of nitrogens with zero attached hydrogens (tertiary/aromatic N) is 1. The van der Waals surface area contributed by atoms with Crippen molar-refractivity contribution in [2.45, 2.75) is 0 Å². The monoisotopic (exact) mass is 258 g/mol. The number of hydrogen-bond acceptors (Lipinski definition) is 4. The van der Waals surface area contributed by atoms with Gasteiger partial charge >= 0.3 is 0 Å². The molecule has 0 fully saturated rings. The van der Waals surface area contributed by atoms with Crippen LogP contribution in [0.25, 0.3) is 0 Å². The van der Waals surface area contributed by atoms with Gasteiger partial charge in [-0.3, -0.25) is 0 Å². The number of rotatable bonds is 5. The summed E-state index contributed by atoms with van der Waals surface area (Å²) >= 11 is 0. The summed E-state index contributed by atoms with van der Waals surface area (Å²) in [5, 5.41) is 9.42. The highest BCUT2D eigenvalue weighted by Gasteiger charge is 2.02. The van der Waals surface area contributed by atoms with Crippen LogP contribution in [0.2, 0.25) is 0 Å². The highest BCUT2D eigenvalue weighted by atomic mass is 16.5. The summed E-state index contributed by atoms with van der Waals surface area (Å²) in [6.45, 7) is 1.27. The molecule has 0 aliphatic carbocycles. The van der Waals surface area contributed by atoms with Crippen LogP contribution in [0, 0.1) is 0 Å². The molecule has 0 radical (unpaired) electrons. The Kier molecular flexibility index (Phi) is 4.13. The third kappa shape index (κ3) is 3.81. The zero-order chi connectivity index (χ0) is 13.7. The summed E-state index contributed by atoms with van der Waals surface area (Å²) in [5.74, 6) is 1.03. The number of hydrogen-bond donors (Lipinski definition) is 2. The summed E-state index contributed by atoms with van der Waals surface area (Å²) in [6.07, 6.45) is 0. The zero-order valence-corrected chi connectivity index (χ0v) is 10.9. The van der Waals surface area contributed by atoms with E-state index in [0.29, 0.717) is 12.3 Å². The maximum atomic E-state index is 9.42. The van der Waals surface area contributed by atoms with Crippen LogP contribution in [0.3, 0.4) is 0 Å². The lowest BCUT2D eigenvalue weighted by Gasteiger charge is -2.19. The Morgan fingerprint density at radius 1 is 1.16 bits per heavy atom. The second-order valence-corrected chi connectivity index (χ2v) is 4.36. The van der Waals surface area contributed by atoms with E-state index in [9.17, 15) is 5.11 Å². The Balaban J connectivity index is 1.85. The van der Waals surface area contributed by atoms with Gasteiger partial charge in [0.05, 0.1) is 6.54 Å². The smallest absolute Gasteiger partial charge is 0.121 e. The third-order valence-electron chi connectivity index (χ3n) is 2.82. The molecular weight excluding hydrogens is 240 g/mol. The van der Waals surface area contributed by atoms with E-state index >= 15 is 0 Å². The van der Waals surface area contributed by atoms with Crippen LogP contribution < -0.4 is 15.4 Å². The van der Waals surface area contributed by atoms with Gasteiger partial charge in [-0.2, -0.15) is 0 Å². The number of phenols is 1. The minimum absolute atomic E-state index is 0.265. The van der Waals surface area contributed by atoms with E-state index in [1.807, 2.05) is 42.3 Å². The molecule has 19 heavy (non-hydrogen) atoms. The molecule has 2 aromatic rings. The van der Waals surface area contributed by atoms with Crippen LogP contribution in [0.1, 0.15) is 0 Å². The number of anilines is 2. The second-order valence-electron chi connectivity index (χ2n) is 4.36. The Bertz CT molecular complexity index is 543. The fraction of sp³-hybridized carbons (Fsp3) is 0.200. The van der Waals surface area contributed by atoms with Crippen molar-refractivity contribution in [1.29, 1.82) is 0 Å². The van der Waals surface area contributed by atoms with E-state index in [1.165, 1.54) is 0 Å². The molecule has 0 aromatic heterocycles. The third-order valence-corrected chi connectivity index (χ3v) is 2.82. The number of likely N-dealkylation sites (N-methyl/N-ethyl adjacent to an activating group) is 1. The molecule has 0 aliphatic rings. The van der Waals surface area contributed by atoms with Gasteiger partial charge in [0.1, 0.15) is 18.1 Å². The van der Waals surface area contributed by atoms with Crippen molar-refractivity contribution in [3.63, 3.8) is 0 Å². The Labute approximate surface area is 113 Å². The maximum Gasteiger partial charge on any atom is 0.121 e. The number of phenolic OH excluding ortho intramolecular Hbond substituents is 1. The minimum atomic E-state index is 0.265. The molecule has 0 heterocycles. The van der Waals surface area contributed by atoms with E-state index in [-0.39, 0.29) is 5.75 Å². The molecule has 0 aliphatic heterocycles. The largest absolute Gasteiger partial charge is 0.508 e. The molecule has 0 saturated carbocycles. The van der Waals surface area contributed by atoms with Crippen LogP contribution >= 0.6 is 0 Å². The first-order chi connectivity index (χ1) is 9.15. The average Bonchev–Trinajstić information content (AvgIpc) is 2.38. The molecule has 0 spiro atoms. The van der Waals surface area contributed by atoms with Gasteiger partial charge in [0.2, 0.25) is 0 Å². The van der Waals surface area contributed by atoms with Crippen molar-refractivity contribution in [3.05, 3.63) is 48.5 Å². The van der Waals surface area contributed by atoms with Crippen molar-refractivity contribution in [1.82, 2.24) is 0 Å². The van der Waals surface area contributed by atoms with Crippen molar-refractivity contribution in [2.75, 3.05) is 30.8 Å². The predicted molar refractivity (Wildman–Crippen MR) is 77.7 cm³/mol. The van der Waals surface area contributed by atoms with Gasteiger partial charge in [-0.1, -0.05) is 12.1 Å². The molecule has 4 nitrogen and oxygen atoms in total. The highest BCUT2D eigenvalue weighted by Crippen LogP contribution is 2.19. The summed E-state index contributed by atoms with van der Waals surface area (Å²) in [6, 6.07) is 14.5. The van der Waals surface area contributed by atoms with Gasteiger partial charge < -0.3 is 20.5 Å². The number of nitrogens with two attached hydrogens (primary N) is 1. The van der Waals surface area contributed by atoms with Crippen molar-refractivity contribution in [3.8, 4) is 11.5 Å². The summed E-state index contributed by atoms with van der Waals surface area (Å²) < 4.78 is 5.63. The molecule has 2 rings (SSSR count). The topological polar surface area (TPSA) is 58.7 Å². The Morgan fingerprint density at radius 2 is 1.95 bits per heavy atom. The Hall–Kier alpha value is -2.36. The van der Waals surface area contributed by atoms with Crippen LogP contribution in [0.15, 0.2) is 48.5 Å². The first-order valence-electron chi connectivity index (χ1n) is 6.13. The van der Waals surface area contributed by atoms with Gasteiger partial charge in [-0.15, -0.1) is 0 Å². The molecule has 0 unspecified atom stereocenters. The molecule has 100 valence electrons. The fourth-order valence-electron chi connectivity index (χ4n) is 1.76. The normalized spacial score (nSPS) is 10.2. The molecule has 4 heteroatoms. The first kappa shape index (κ1) is 13.1. The molecule has 0 amide bonds. The summed E-state index contributed by atoms with van der Waals surface area (Å²) in [5.41, 5.74) is 7.33. The second kappa shape index (κ2) is 6.00. The van der Waals surface area contributed by atoms with Crippen molar-refractivity contribution >= 4 is 11.4 Å². The van der Waals surface area contributed by atoms with Crippen LogP contribution in [-0.4, -0.2) is 25.3 Å². The molecule has 0 bridgehead atoms. The molecular formula is C15H18N2O2. The minimum Gasteiger partial charge on any atom is -0.508 e. The average molecular weight is 258 g/mol. The quantitative estimate of drug-likeness (QED) is 0.809. The molecule has 2 aromatic carbocycles. The summed E-state index contributed by atoms with van der Waals surface area (Å²) in [7, 11) is 1.96. The highest BCUT2D eigenvalue weighted by molar-refractivity contribution is 5.49.